The zero-order valence-corrected chi connectivity index (χ0v) is 21.6. The number of hydrogen-bond donors (Lipinski definition) is 3. The molecule has 3 aromatic rings. The maximum Gasteiger partial charge on any atom is 0.416 e. The molecule has 1 aromatic heterocycles. The summed E-state index contributed by atoms with van der Waals surface area (Å²) in [6, 6.07) is 9.23. The Morgan fingerprint density at radius 3 is 2.55 bits per heavy atom. The molecule has 0 saturated heterocycles. The van der Waals surface area contributed by atoms with Crippen LogP contribution < -0.4 is 21.1 Å². The summed E-state index contributed by atoms with van der Waals surface area (Å²) in [6.07, 6.45) is 1.24. The smallest absolute Gasteiger partial charge is 0.322 e. The number of aryl methyl sites for hydroxylation is 2. The van der Waals surface area contributed by atoms with Gasteiger partial charge in [0.05, 0.1) is 23.1 Å². The standard InChI is InChI=1S/C27H30F3N7O/c1-16-5-6-19(11-25(16)37-15-24(34-36(37)4)23-14-32-35(3)17(23)2)26(38)33-22-10-18(13-31-21-7-8-21)9-20(12-22)27(28,29)30/h5-6,9-12,14-15,21,31,34H,7-8,13H2,1-4H3,(H,33,38). The van der Waals surface area contributed by atoms with Gasteiger partial charge in [0, 0.05) is 55.4 Å². The second-order valence-corrected chi connectivity index (χ2v) is 9.82. The molecule has 3 N–H and O–H groups in total. The molecule has 1 fully saturated rings. The maximum absolute atomic E-state index is 13.5. The first kappa shape index (κ1) is 25.8. The van der Waals surface area contributed by atoms with Crippen LogP contribution in [0.15, 0.2) is 48.8 Å². The van der Waals surface area contributed by atoms with E-state index in [4.69, 9.17) is 0 Å². The fraction of sp³-hybridized carbons (Fsp3) is 0.333. The molecule has 2 heterocycles. The number of benzene rings is 2. The lowest BCUT2D eigenvalue weighted by atomic mass is 10.1. The van der Waals surface area contributed by atoms with Crippen molar-refractivity contribution >= 4 is 23.0 Å². The van der Waals surface area contributed by atoms with Crippen LogP contribution in [0.5, 0.6) is 0 Å². The Kier molecular flexibility index (Phi) is 6.66. The molecule has 1 aliphatic carbocycles. The quantitative estimate of drug-likeness (QED) is 0.414. The number of hydrogen-bond acceptors (Lipinski definition) is 6. The molecule has 1 amide bonds. The highest BCUT2D eigenvalue weighted by Crippen LogP contribution is 2.33. The van der Waals surface area contributed by atoms with E-state index in [0.29, 0.717) is 23.7 Å². The molecule has 0 bridgehead atoms. The summed E-state index contributed by atoms with van der Waals surface area (Å²) in [5.41, 5.74) is 7.88. The van der Waals surface area contributed by atoms with Crippen LogP contribution in [0.25, 0.3) is 5.70 Å². The van der Waals surface area contributed by atoms with Gasteiger partial charge in [0.25, 0.3) is 5.91 Å². The van der Waals surface area contributed by atoms with Crippen LogP contribution >= 0.6 is 0 Å². The minimum Gasteiger partial charge on any atom is -0.322 e. The van der Waals surface area contributed by atoms with Gasteiger partial charge in [0.15, 0.2) is 0 Å². The normalized spacial score (nSPS) is 16.0. The fourth-order valence-corrected chi connectivity index (χ4v) is 4.37. The van der Waals surface area contributed by atoms with Gasteiger partial charge in [-0.1, -0.05) is 6.07 Å². The van der Waals surface area contributed by atoms with E-state index < -0.39 is 17.6 Å². The van der Waals surface area contributed by atoms with Crippen molar-refractivity contribution < 1.29 is 18.0 Å². The molecule has 5 rings (SSSR count). The van der Waals surface area contributed by atoms with Crippen LogP contribution in [0.3, 0.4) is 0 Å². The zero-order valence-electron chi connectivity index (χ0n) is 21.6. The summed E-state index contributed by atoms with van der Waals surface area (Å²) in [5.74, 6) is -0.492. The summed E-state index contributed by atoms with van der Waals surface area (Å²) < 4.78 is 42.4. The van der Waals surface area contributed by atoms with Crippen LogP contribution in [-0.4, -0.2) is 33.9 Å². The number of aromatic nitrogens is 2. The molecule has 1 aliphatic heterocycles. The number of alkyl halides is 3. The number of amides is 1. The molecule has 38 heavy (non-hydrogen) atoms. The molecule has 11 heteroatoms. The average Bonchev–Trinajstić information content (AvgIpc) is 3.54. The van der Waals surface area contributed by atoms with Crippen molar-refractivity contribution in [1.82, 2.24) is 25.6 Å². The van der Waals surface area contributed by atoms with E-state index in [9.17, 15) is 18.0 Å². The molecule has 0 atom stereocenters. The fourth-order valence-electron chi connectivity index (χ4n) is 4.37. The van der Waals surface area contributed by atoms with Crippen LogP contribution in [0.2, 0.25) is 0 Å². The number of anilines is 2. The highest BCUT2D eigenvalue weighted by Gasteiger charge is 2.32. The lowest BCUT2D eigenvalue weighted by Gasteiger charge is -2.26. The highest BCUT2D eigenvalue weighted by molar-refractivity contribution is 6.05. The predicted molar refractivity (Wildman–Crippen MR) is 140 cm³/mol. The van der Waals surface area contributed by atoms with Gasteiger partial charge in [-0.15, -0.1) is 5.12 Å². The second-order valence-electron chi connectivity index (χ2n) is 9.82. The Labute approximate surface area is 219 Å². The van der Waals surface area contributed by atoms with Crippen molar-refractivity contribution in [2.24, 2.45) is 7.05 Å². The van der Waals surface area contributed by atoms with E-state index in [2.05, 4.69) is 21.2 Å². The van der Waals surface area contributed by atoms with E-state index >= 15 is 0 Å². The number of carbonyl (C=O) groups excluding carboxylic acids is 1. The Hall–Kier alpha value is -3.83. The minimum absolute atomic E-state index is 0.105. The molecule has 2 aliphatic rings. The van der Waals surface area contributed by atoms with Crippen LogP contribution in [-0.2, 0) is 19.8 Å². The van der Waals surface area contributed by atoms with Gasteiger partial charge in [-0.3, -0.25) is 19.9 Å². The van der Waals surface area contributed by atoms with Crippen molar-refractivity contribution in [3.63, 3.8) is 0 Å². The van der Waals surface area contributed by atoms with Gasteiger partial charge in [0.1, 0.15) is 0 Å². The molecule has 0 radical (unpaired) electrons. The first-order valence-corrected chi connectivity index (χ1v) is 12.4. The van der Waals surface area contributed by atoms with Crippen molar-refractivity contribution in [2.75, 3.05) is 17.4 Å². The third-order valence-corrected chi connectivity index (χ3v) is 6.85. The SMILES string of the molecule is Cc1ccc(C(=O)Nc2cc(CNC3CC3)cc(C(F)(F)F)c2)cc1N1C=C(c2cnn(C)c2C)NN1C. The Morgan fingerprint density at radius 2 is 1.89 bits per heavy atom. The molecular weight excluding hydrogens is 495 g/mol. The van der Waals surface area contributed by atoms with E-state index in [1.54, 1.807) is 34.2 Å². The summed E-state index contributed by atoms with van der Waals surface area (Å²) in [5, 5.41) is 13.9. The van der Waals surface area contributed by atoms with Gasteiger partial charge >= 0.3 is 6.18 Å². The van der Waals surface area contributed by atoms with Crippen molar-refractivity contribution in [2.45, 2.75) is 45.5 Å². The second kappa shape index (κ2) is 9.80. The molecule has 2 aromatic carbocycles. The van der Waals surface area contributed by atoms with E-state index in [1.807, 2.05) is 45.2 Å². The molecule has 200 valence electrons. The summed E-state index contributed by atoms with van der Waals surface area (Å²) >= 11 is 0. The van der Waals surface area contributed by atoms with Gasteiger partial charge in [-0.25, -0.2) is 0 Å². The van der Waals surface area contributed by atoms with E-state index in [0.717, 1.165) is 53.2 Å². The Balaban J connectivity index is 1.40. The number of hydrazine groups is 2. The van der Waals surface area contributed by atoms with Crippen LogP contribution in [0.4, 0.5) is 24.5 Å². The average molecular weight is 526 g/mol. The number of rotatable bonds is 7. The molecule has 8 nitrogen and oxygen atoms in total. The van der Waals surface area contributed by atoms with E-state index in [1.165, 1.54) is 0 Å². The third-order valence-electron chi connectivity index (χ3n) is 6.85. The maximum atomic E-state index is 13.5. The minimum atomic E-state index is -4.52. The van der Waals surface area contributed by atoms with Gasteiger partial charge < -0.3 is 10.6 Å². The van der Waals surface area contributed by atoms with Crippen molar-refractivity contribution in [1.29, 1.82) is 0 Å². The molecule has 1 saturated carbocycles. The number of carbonyl (C=O) groups is 1. The zero-order chi connectivity index (χ0) is 27.2. The Bertz CT molecular complexity index is 1410. The summed E-state index contributed by atoms with van der Waals surface area (Å²) in [6.45, 7) is 4.22. The third kappa shape index (κ3) is 5.39. The van der Waals surface area contributed by atoms with Crippen LogP contribution in [0, 0.1) is 13.8 Å². The number of nitrogens with zero attached hydrogens (tertiary/aromatic N) is 4. The highest BCUT2D eigenvalue weighted by atomic mass is 19.4. The monoisotopic (exact) mass is 525 g/mol. The Morgan fingerprint density at radius 1 is 1.13 bits per heavy atom. The lowest BCUT2D eigenvalue weighted by molar-refractivity contribution is -0.137. The lowest BCUT2D eigenvalue weighted by Crippen LogP contribution is -2.39. The van der Waals surface area contributed by atoms with Crippen molar-refractivity contribution in [3.05, 3.63) is 82.3 Å². The van der Waals surface area contributed by atoms with E-state index in [-0.39, 0.29) is 5.69 Å². The predicted octanol–water partition coefficient (Wildman–Crippen LogP) is 4.73. The summed E-state index contributed by atoms with van der Waals surface area (Å²) in [7, 11) is 3.72. The first-order valence-electron chi connectivity index (χ1n) is 12.4. The largest absolute Gasteiger partial charge is 0.416 e. The molecule has 0 spiro atoms. The topological polar surface area (TPSA) is 77.5 Å². The number of halogens is 3. The van der Waals surface area contributed by atoms with Gasteiger partial charge in [0.2, 0.25) is 0 Å². The summed E-state index contributed by atoms with van der Waals surface area (Å²) in [4.78, 5) is 13.2. The first-order chi connectivity index (χ1) is 18.0. The van der Waals surface area contributed by atoms with Crippen LogP contribution in [0.1, 0.15) is 51.1 Å². The molecule has 0 unspecified atom stereocenters. The molecular formula is C27H30F3N7O. The van der Waals surface area contributed by atoms with Gasteiger partial charge in [-0.05, 0) is 68.1 Å². The van der Waals surface area contributed by atoms with Crippen molar-refractivity contribution in [3.8, 4) is 0 Å². The number of nitrogens with one attached hydrogen (secondary N) is 3. The van der Waals surface area contributed by atoms with Gasteiger partial charge in [-0.2, -0.15) is 18.3 Å².